The van der Waals surface area contributed by atoms with E-state index in [-0.39, 0.29) is 18.7 Å². The van der Waals surface area contributed by atoms with Crippen molar-refractivity contribution in [3.8, 4) is 5.75 Å². The number of aromatic nitrogens is 2. The predicted octanol–water partition coefficient (Wildman–Crippen LogP) is 4.68. The van der Waals surface area contributed by atoms with Gasteiger partial charge < -0.3 is 10.1 Å². The molecule has 0 radical (unpaired) electrons. The van der Waals surface area contributed by atoms with Crippen LogP contribution in [0.2, 0.25) is 10.0 Å². The van der Waals surface area contributed by atoms with Crippen LogP contribution in [0, 0.1) is 0 Å². The topological polar surface area (TPSA) is 56.2 Å². The van der Waals surface area contributed by atoms with Gasteiger partial charge in [0, 0.05) is 12.2 Å². The van der Waals surface area contributed by atoms with Crippen molar-refractivity contribution in [2.24, 2.45) is 0 Å². The molecular weight excluding hydrogens is 361 g/mol. The van der Waals surface area contributed by atoms with Crippen LogP contribution < -0.4 is 10.1 Å². The van der Waals surface area contributed by atoms with Crippen LogP contribution in [0.3, 0.4) is 0 Å². The number of rotatable bonds is 5. The lowest BCUT2D eigenvalue weighted by molar-refractivity contribution is 0.0926. The van der Waals surface area contributed by atoms with Crippen molar-refractivity contribution in [2.75, 3.05) is 0 Å². The first-order valence-electron chi connectivity index (χ1n) is 8.54. The Balaban J connectivity index is 1.57. The number of amides is 1. The molecule has 1 fully saturated rings. The average molecular weight is 382 g/mol. The van der Waals surface area contributed by atoms with Gasteiger partial charge in [0.15, 0.2) is 12.5 Å². The van der Waals surface area contributed by atoms with E-state index in [0.29, 0.717) is 21.5 Å². The minimum Gasteiger partial charge on any atom is -0.468 e. The maximum absolute atomic E-state index is 12.4. The first-order valence-corrected chi connectivity index (χ1v) is 9.30. The Kier molecular flexibility index (Phi) is 6.21. The number of halogens is 2. The molecule has 0 spiro atoms. The normalized spacial score (nSPS) is 15.6. The number of benzene rings is 1. The molecule has 25 heavy (non-hydrogen) atoms. The van der Waals surface area contributed by atoms with Gasteiger partial charge in [-0.25, -0.2) is 4.68 Å². The van der Waals surface area contributed by atoms with Crippen molar-refractivity contribution >= 4 is 29.1 Å². The number of ether oxygens (including phenoxy) is 1. The molecule has 1 amide bonds. The molecule has 3 rings (SSSR count). The second kappa shape index (κ2) is 8.59. The number of carbonyl (C=O) groups is 1. The first-order chi connectivity index (χ1) is 12.1. The lowest BCUT2D eigenvalue weighted by atomic mass is 10.1. The highest BCUT2D eigenvalue weighted by molar-refractivity contribution is 6.37. The van der Waals surface area contributed by atoms with E-state index in [9.17, 15) is 4.79 Å². The third-order valence-corrected chi connectivity index (χ3v) is 4.92. The Labute approximate surface area is 157 Å². The van der Waals surface area contributed by atoms with E-state index in [2.05, 4.69) is 10.4 Å². The summed E-state index contributed by atoms with van der Waals surface area (Å²) in [6, 6.07) is 7.10. The molecule has 7 heteroatoms. The third-order valence-electron chi connectivity index (χ3n) is 4.32. The second-order valence-corrected chi connectivity index (χ2v) is 7.04. The fourth-order valence-corrected chi connectivity index (χ4v) is 3.50. The molecule has 0 atom stereocenters. The van der Waals surface area contributed by atoms with Crippen molar-refractivity contribution in [2.45, 2.75) is 51.3 Å². The molecule has 0 aliphatic heterocycles. The Bertz CT molecular complexity index is 705. The molecule has 0 unspecified atom stereocenters. The summed E-state index contributed by atoms with van der Waals surface area (Å²) >= 11 is 12.1. The zero-order chi connectivity index (χ0) is 17.6. The van der Waals surface area contributed by atoms with Gasteiger partial charge in [0.1, 0.15) is 5.69 Å². The van der Waals surface area contributed by atoms with Crippen molar-refractivity contribution in [3.05, 3.63) is 46.2 Å². The monoisotopic (exact) mass is 381 g/mol. The van der Waals surface area contributed by atoms with Crippen LogP contribution in [0.5, 0.6) is 5.75 Å². The fraction of sp³-hybridized carbons (Fsp3) is 0.444. The fourth-order valence-electron chi connectivity index (χ4n) is 2.99. The number of hydrogen-bond donors (Lipinski definition) is 1. The van der Waals surface area contributed by atoms with Gasteiger partial charge in [0.05, 0.1) is 10.0 Å². The van der Waals surface area contributed by atoms with Gasteiger partial charge in [0.25, 0.3) is 5.91 Å². The number of nitrogens with one attached hydrogen (secondary N) is 1. The van der Waals surface area contributed by atoms with Gasteiger partial charge in [-0.2, -0.15) is 5.10 Å². The molecular formula is C18H21Cl2N3O2. The molecule has 1 heterocycles. The van der Waals surface area contributed by atoms with Gasteiger partial charge in [-0.05, 0) is 31.0 Å². The first kappa shape index (κ1) is 18.1. The van der Waals surface area contributed by atoms with Crippen molar-refractivity contribution in [1.29, 1.82) is 0 Å². The average Bonchev–Trinajstić information content (AvgIpc) is 2.92. The summed E-state index contributed by atoms with van der Waals surface area (Å²) in [5.74, 6) is 0.271. The Morgan fingerprint density at radius 1 is 1.16 bits per heavy atom. The minimum absolute atomic E-state index is 0.125. The Hall–Kier alpha value is -1.72. The molecule has 1 aliphatic rings. The lowest BCUT2D eigenvalue weighted by Gasteiger charge is -2.15. The zero-order valence-electron chi connectivity index (χ0n) is 13.9. The molecule has 1 saturated carbocycles. The molecule has 134 valence electrons. The second-order valence-electron chi connectivity index (χ2n) is 6.23. The molecule has 0 bridgehead atoms. The van der Waals surface area contributed by atoms with Crippen molar-refractivity contribution in [3.63, 3.8) is 0 Å². The van der Waals surface area contributed by atoms with Crippen molar-refractivity contribution < 1.29 is 9.53 Å². The minimum atomic E-state index is -0.138. The Morgan fingerprint density at radius 2 is 1.84 bits per heavy atom. The standard InChI is InChI=1S/C18H21Cl2N3O2/c19-14-8-5-9-15(20)17(14)25-12-23-11-10-16(22-23)18(24)21-13-6-3-1-2-4-7-13/h5,8-11,13H,1-4,6-7,12H2,(H,21,24). The van der Waals surface area contributed by atoms with Gasteiger partial charge in [-0.15, -0.1) is 0 Å². The Morgan fingerprint density at radius 3 is 2.52 bits per heavy atom. The zero-order valence-corrected chi connectivity index (χ0v) is 15.4. The number of nitrogens with zero attached hydrogens (tertiary/aromatic N) is 2. The summed E-state index contributed by atoms with van der Waals surface area (Å²) in [6.45, 7) is 0.125. The summed E-state index contributed by atoms with van der Waals surface area (Å²) in [5.41, 5.74) is 0.387. The quantitative estimate of drug-likeness (QED) is 0.764. The molecule has 0 saturated heterocycles. The summed E-state index contributed by atoms with van der Waals surface area (Å²) in [5, 5.41) is 8.22. The van der Waals surface area contributed by atoms with Crippen LogP contribution in [0.15, 0.2) is 30.5 Å². The third kappa shape index (κ3) is 4.89. The van der Waals surface area contributed by atoms with Gasteiger partial charge >= 0.3 is 0 Å². The van der Waals surface area contributed by atoms with E-state index in [4.69, 9.17) is 27.9 Å². The number of carbonyl (C=O) groups excluding carboxylic acids is 1. The highest BCUT2D eigenvalue weighted by atomic mass is 35.5. The number of hydrogen-bond acceptors (Lipinski definition) is 3. The van der Waals surface area contributed by atoms with Crippen LogP contribution in [-0.2, 0) is 6.73 Å². The van der Waals surface area contributed by atoms with Gasteiger partial charge in [-0.1, -0.05) is 55.0 Å². The largest absolute Gasteiger partial charge is 0.468 e. The van der Waals surface area contributed by atoms with E-state index in [1.165, 1.54) is 25.7 Å². The summed E-state index contributed by atoms with van der Waals surface area (Å²) < 4.78 is 7.16. The van der Waals surface area contributed by atoms with Gasteiger partial charge in [-0.3, -0.25) is 4.79 Å². The number of para-hydroxylation sites is 1. The molecule has 5 nitrogen and oxygen atoms in total. The highest BCUT2D eigenvalue weighted by Crippen LogP contribution is 2.32. The van der Waals surface area contributed by atoms with Crippen LogP contribution in [0.1, 0.15) is 49.0 Å². The lowest BCUT2D eigenvalue weighted by Crippen LogP contribution is -2.34. The smallest absolute Gasteiger partial charge is 0.271 e. The van der Waals surface area contributed by atoms with E-state index >= 15 is 0 Å². The van der Waals surface area contributed by atoms with Gasteiger partial charge in [0.2, 0.25) is 0 Å². The van der Waals surface area contributed by atoms with E-state index in [1.54, 1.807) is 35.1 Å². The van der Waals surface area contributed by atoms with Crippen LogP contribution in [0.25, 0.3) is 0 Å². The molecule has 2 aromatic rings. The molecule has 1 aromatic heterocycles. The summed E-state index contributed by atoms with van der Waals surface area (Å²) in [4.78, 5) is 12.4. The molecule has 1 N–H and O–H groups in total. The van der Waals surface area contributed by atoms with E-state index < -0.39 is 0 Å². The maximum Gasteiger partial charge on any atom is 0.271 e. The highest BCUT2D eigenvalue weighted by Gasteiger charge is 2.17. The van der Waals surface area contributed by atoms with Crippen molar-refractivity contribution in [1.82, 2.24) is 15.1 Å². The predicted molar refractivity (Wildman–Crippen MR) is 98.3 cm³/mol. The van der Waals surface area contributed by atoms with Crippen LogP contribution in [-0.4, -0.2) is 21.7 Å². The van der Waals surface area contributed by atoms with Crippen LogP contribution >= 0.6 is 23.2 Å². The molecule has 1 aliphatic carbocycles. The summed E-state index contributed by atoms with van der Waals surface area (Å²) in [7, 11) is 0. The molecule has 1 aromatic carbocycles. The summed E-state index contributed by atoms with van der Waals surface area (Å²) in [6.07, 6.45) is 8.64. The van der Waals surface area contributed by atoms with Crippen LogP contribution in [0.4, 0.5) is 0 Å². The maximum atomic E-state index is 12.4. The van der Waals surface area contributed by atoms with E-state index in [1.807, 2.05) is 0 Å². The van der Waals surface area contributed by atoms with E-state index in [0.717, 1.165) is 12.8 Å². The SMILES string of the molecule is O=C(NC1CCCCCC1)c1ccn(COc2c(Cl)cccc2Cl)n1.